The van der Waals surface area contributed by atoms with Crippen LogP contribution >= 0.6 is 0 Å². The molecule has 2 rings (SSSR count). The number of hydrogen-bond donors (Lipinski definition) is 1. The van der Waals surface area contributed by atoms with E-state index in [-0.39, 0.29) is 0 Å². The van der Waals surface area contributed by atoms with Crippen molar-refractivity contribution in [1.82, 2.24) is 5.32 Å². The van der Waals surface area contributed by atoms with Gasteiger partial charge in [-0.3, -0.25) is 0 Å². The summed E-state index contributed by atoms with van der Waals surface area (Å²) in [6.45, 7) is 5.75. The minimum Gasteiger partial charge on any atom is -0.378 e. The molecule has 0 amide bonds. The van der Waals surface area contributed by atoms with Gasteiger partial charge < -0.3 is 10.1 Å². The average Bonchev–Trinajstić information content (AvgIpc) is 2.12. The second kappa shape index (κ2) is 5.13. The van der Waals surface area contributed by atoms with Crippen LogP contribution in [0.1, 0.15) is 39.0 Å². The number of ether oxygens (including phenoxy) is 1. The van der Waals surface area contributed by atoms with Crippen molar-refractivity contribution in [1.29, 1.82) is 0 Å². The maximum absolute atomic E-state index is 5.97. The second-order valence-corrected chi connectivity index (χ2v) is 4.98. The van der Waals surface area contributed by atoms with E-state index < -0.39 is 0 Å². The summed E-state index contributed by atoms with van der Waals surface area (Å²) >= 11 is 0. The monoisotopic (exact) mass is 197 g/mol. The molecule has 1 aliphatic heterocycles. The van der Waals surface area contributed by atoms with Gasteiger partial charge in [0.05, 0.1) is 6.10 Å². The first kappa shape index (κ1) is 10.4. The Hall–Kier alpha value is -0.0800. The van der Waals surface area contributed by atoms with E-state index in [1.165, 1.54) is 45.2 Å². The van der Waals surface area contributed by atoms with Gasteiger partial charge in [0.15, 0.2) is 0 Å². The van der Waals surface area contributed by atoms with Crippen LogP contribution in [0, 0.1) is 11.8 Å². The molecule has 2 unspecified atom stereocenters. The lowest BCUT2D eigenvalue weighted by Crippen LogP contribution is -2.42. The summed E-state index contributed by atoms with van der Waals surface area (Å²) in [5.74, 6) is 1.69. The molecule has 14 heavy (non-hydrogen) atoms. The number of nitrogens with one attached hydrogen (secondary N) is 1. The van der Waals surface area contributed by atoms with Crippen LogP contribution in [0.25, 0.3) is 0 Å². The number of hydrogen-bond acceptors (Lipinski definition) is 2. The maximum atomic E-state index is 5.97. The van der Waals surface area contributed by atoms with Crippen LogP contribution in [0.4, 0.5) is 0 Å². The molecular formula is C12H23NO. The molecule has 0 spiro atoms. The Morgan fingerprint density at radius 1 is 1.21 bits per heavy atom. The Morgan fingerprint density at radius 3 is 2.64 bits per heavy atom. The van der Waals surface area contributed by atoms with Crippen molar-refractivity contribution < 1.29 is 4.74 Å². The summed E-state index contributed by atoms with van der Waals surface area (Å²) in [6, 6.07) is 0. The first-order chi connectivity index (χ1) is 6.86. The van der Waals surface area contributed by atoms with E-state index in [0.29, 0.717) is 6.10 Å². The highest BCUT2D eigenvalue weighted by Gasteiger charge is 2.22. The molecule has 1 heterocycles. The normalized spacial score (nSPS) is 34.1. The fourth-order valence-electron chi connectivity index (χ4n) is 2.47. The summed E-state index contributed by atoms with van der Waals surface area (Å²) in [7, 11) is 0. The minimum absolute atomic E-state index is 0.566. The molecule has 1 N–H and O–H groups in total. The van der Waals surface area contributed by atoms with Gasteiger partial charge in [-0.15, -0.1) is 0 Å². The average molecular weight is 197 g/mol. The summed E-state index contributed by atoms with van der Waals surface area (Å²) in [5, 5.41) is 3.30. The minimum atomic E-state index is 0.566. The zero-order chi connectivity index (χ0) is 9.80. The van der Waals surface area contributed by atoms with Crippen molar-refractivity contribution in [2.45, 2.75) is 45.1 Å². The molecule has 0 aromatic rings. The molecule has 0 aromatic carbocycles. The molecule has 0 bridgehead atoms. The highest BCUT2D eigenvalue weighted by atomic mass is 16.5. The van der Waals surface area contributed by atoms with Crippen molar-refractivity contribution in [3.63, 3.8) is 0 Å². The van der Waals surface area contributed by atoms with E-state index in [1.54, 1.807) is 0 Å². The SMILES string of the molecule is CC1CCCCC1OCCC1CNC1. The molecule has 2 nitrogen and oxygen atoms in total. The summed E-state index contributed by atoms with van der Waals surface area (Å²) in [4.78, 5) is 0. The van der Waals surface area contributed by atoms with Crippen molar-refractivity contribution in [2.24, 2.45) is 11.8 Å². The smallest absolute Gasteiger partial charge is 0.0600 e. The molecule has 0 radical (unpaired) electrons. The third-order valence-corrected chi connectivity index (χ3v) is 3.76. The Bertz CT molecular complexity index is 168. The zero-order valence-corrected chi connectivity index (χ0v) is 9.30. The first-order valence-electron chi connectivity index (χ1n) is 6.18. The zero-order valence-electron chi connectivity index (χ0n) is 9.30. The van der Waals surface area contributed by atoms with Crippen molar-refractivity contribution in [2.75, 3.05) is 19.7 Å². The molecule has 1 saturated carbocycles. The third-order valence-electron chi connectivity index (χ3n) is 3.76. The Balaban J connectivity index is 1.58. The Labute approximate surface area is 87.4 Å². The standard InChI is InChI=1S/C12H23NO/c1-10-4-2-3-5-12(10)14-7-6-11-8-13-9-11/h10-13H,2-9H2,1H3. The van der Waals surface area contributed by atoms with Gasteiger partial charge in [0.25, 0.3) is 0 Å². The van der Waals surface area contributed by atoms with E-state index >= 15 is 0 Å². The van der Waals surface area contributed by atoms with Crippen molar-refractivity contribution in [3.8, 4) is 0 Å². The summed E-state index contributed by atoms with van der Waals surface area (Å²) in [6.07, 6.45) is 7.28. The molecule has 2 heteroatoms. The van der Waals surface area contributed by atoms with Gasteiger partial charge in [0, 0.05) is 6.61 Å². The number of rotatable bonds is 4. The van der Waals surface area contributed by atoms with Crippen LogP contribution in [-0.2, 0) is 4.74 Å². The quantitative estimate of drug-likeness (QED) is 0.746. The van der Waals surface area contributed by atoms with Crippen LogP contribution in [-0.4, -0.2) is 25.8 Å². The van der Waals surface area contributed by atoms with Gasteiger partial charge in [-0.25, -0.2) is 0 Å². The molecular weight excluding hydrogens is 174 g/mol. The predicted molar refractivity (Wildman–Crippen MR) is 58.3 cm³/mol. The lowest BCUT2D eigenvalue weighted by atomic mass is 9.88. The first-order valence-corrected chi connectivity index (χ1v) is 6.18. The maximum Gasteiger partial charge on any atom is 0.0600 e. The van der Waals surface area contributed by atoms with E-state index in [2.05, 4.69) is 12.2 Å². The van der Waals surface area contributed by atoms with Crippen molar-refractivity contribution >= 4 is 0 Å². The predicted octanol–water partition coefficient (Wildman–Crippen LogP) is 2.19. The molecule has 2 fully saturated rings. The Kier molecular flexibility index (Phi) is 3.82. The van der Waals surface area contributed by atoms with E-state index in [9.17, 15) is 0 Å². The van der Waals surface area contributed by atoms with Gasteiger partial charge >= 0.3 is 0 Å². The van der Waals surface area contributed by atoms with Gasteiger partial charge in [-0.2, -0.15) is 0 Å². The van der Waals surface area contributed by atoms with E-state index in [0.717, 1.165) is 18.4 Å². The third kappa shape index (κ3) is 2.71. The lowest BCUT2D eigenvalue weighted by Gasteiger charge is -2.31. The van der Waals surface area contributed by atoms with Crippen LogP contribution in [0.3, 0.4) is 0 Å². The Morgan fingerprint density at radius 2 is 2.00 bits per heavy atom. The van der Waals surface area contributed by atoms with Gasteiger partial charge in [-0.05, 0) is 44.2 Å². The highest BCUT2D eigenvalue weighted by molar-refractivity contribution is 4.76. The topological polar surface area (TPSA) is 21.3 Å². The van der Waals surface area contributed by atoms with Crippen LogP contribution in [0.2, 0.25) is 0 Å². The molecule has 0 aromatic heterocycles. The fourth-order valence-corrected chi connectivity index (χ4v) is 2.47. The molecule has 1 aliphatic carbocycles. The fraction of sp³-hybridized carbons (Fsp3) is 1.00. The highest BCUT2D eigenvalue weighted by Crippen LogP contribution is 2.26. The molecule has 2 aliphatic rings. The van der Waals surface area contributed by atoms with Crippen molar-refractivity contribution in [3.05, 3.63) is 0 Å². The van der Waals surface area contributed by atoms with Gasteiger partial charge in [0.1, 0.15) is 0 Å². The van der Waals surface area contributed by atoms with E-state index in [4.69, 9.17) is 4.74 Å². The van der Waals surface area contributed by atoms with Gasteiger partial charge in [-0.1, -0.05) is 19.8 Å². The van der Waals surface area contributed by atoms with Crippen LogP contribution in [0.5, 0.6) is 0 Å². The van der Waals surface area contributed by atoms with E-state index in [1.807, 2.05) is 0 Å². The van der Waals surface area contributed by atoms with Crippen LogP contribution < -0.4 is 5.32 Å². The summed E-state index contributed by atoms with van der Waals surface area (Å²) < 4.78 is 5.97. The largest absolute Gasteiger partial charge is 0.378 e. The lowest BCUT2D eigenvalue weighted by molar-refractivity contribution is -0.0126. The second-order valence-electron chi connectivity index (χ2n) is 4.98. The molecule has 82 valence electrons. The summed E-state index contributed by atoms with van der Waals surface area (Å²) in [5.41, 5.74) is 0. The van der Waals surface area contributed by atoms with Gasteiger partial charge in [0.2, 0.25) is 0 Å². The van der Waals surface area contributed by atoms with Crippen LogP contribution in [0.15, 0.2) is 0 Å². The molecule has 2 atom stereocenters. The molecule has 1 saturated heterocycles.